The van der Waals surface area contributed by atoms with E-state index in [4.69, 9.17) is 4.74 Å². The number of aliphatic hydroxyl groups excluding tert-OH is 1. The van der Waals surface area contributed by atoms with Gasteiger partial charge < -0.3 is 31.1 Å². The summed E-state index contributed by atoms with van der Waals surface area (Å²) in [5.74, 6) is -2.04. The van der Waals surface area contributed by atoms with Crippen LogP contribution in [0.3, 0.4) is 0 Å². The zero-order chi connectivity index (χ0) is 87.7. The normalized spacial score (nSPS) is 15.6. The van der Waals surface area contributed by atoms with Gasteiger partial charge in [-0.25, -0.2) is 8.78 Å². The first-order valence-corrected chi connectivity index (χ1v) is 44.2. The van der Waals surface area contributed by atoms with Crippen LogP contribution in [0.25, 0.3) is 88.1 Å². The largest absolute Gasteiger partial charge is 0.393 e. The van der Waals surface area contributed by atoms with Crippen molar-refractivity contribution < 1.29 is 37.8 Å². The molecule has 128 heavy (non-hydrogen) atoms. The molecule has 14 heterocycles. The van der Waals surface area contributed by atoms with Gasteiger partial charge in [-0.15, -0.1) is 0 Å². The number of hydrogen-bond donors (Lipinski definition) is 9. The molecule has 0 atom stereocenters. The Balaban J connectivity index is 0.000000120. The average molecular weight is 1720 g/mol. The molecule has 5 aliphatic heterocycles. The molecular formula is C99H103F2N21O6. The number of rotatable bonds is 20. The molecule has 0 unspecified atom stereocenters. The van der Waals surface area contributed by atoms with Gasteiger partial charge in [-0.3, -0.25) is 84.1 Å². The van der Waals surface area contributed by atoms with Crippen molar-refractivity contribution in [1.82, 2.24) is 90.6 Å². The Hall–Kier alpha value is -13.6. The van der Waals surface area contributed by atoms with Gasteiger partial charge in [-0.2, -0.15) is 20.4 Å². The van der Waals surface area contributed by atoms with Gasteiger partial charge in [0, 0.05) is 169 Å². The SMILES string of the molecule is Cc1ccc(NC(=O)c2n[nH]c3ccc(-c4cncc(CN5CCCCC5)c4)cc23)cn1.O=C(NC1CCOCC1)c1n[nH]c2ccc(-c3cncc(CN4CCCCC4)c3)cc12.O=C(Nc1cccc(F)c1)c1n[nH]c2ccc(-c3cncc(CN4CCC(O)CC4)c3)cc12.O=C(Nc1cccc(F)c1)c1n[nH]c2ccc(-c3cncc(CN4CCCCC4)c3)cc12. The minimum atomic E-state index is -0.421. The molecule has 9 N–H and O–H groups in total. The van der Waals surface area contributed by atoms with Crippen LogP contribution >= 0.6 is 0 Å². The molecule has 0 radical (unpaired) electrons. The van der Waals surface area contributed by atoms with Crippen LogP contribution in [0.15, 0.2) is 213 Å². The number of carbonyl (C=O) groups excluding carboxylic acids is 4. The molecule has 15 aromatic rings. The molecule has 0 aliphatic carbocycles. The first-order valence-electron chi connectivity index (χ1n) is 44.2. The number of hydrogen-bond acceptors (Lipinski definition) is 19. The number of benzene rings is 6. The summed E-state index contributed by atoms with van der Waals surface area (Å²) < 4.78 is 32.3. The molecule has 0 saturated carbocycles. The summed E-state index contributed by atoms with van der Waals surface area (Å²) in [7, 11) is 0. The minimum absolute atomic E-state index is 0.132. The maximum absolute atomic E-state index is 13.5. The number of piperidine rings is 4. The highest BCUT2D eigenvalue weighted by Crippen LogP contribution is 2.34. The third-order valence-corrected chi connectivity index (χ3v) is 24.0. The molecule has 654 valence electrons. The van der Waals surface area contributed by atoms with E-state index in [0.717, 1.165) is 193 Å². The minimum Gasteiger partial charge on any atom is -0.393 e. The number of aliphatic hydroxyl groups is 1. The number of nitrogens with one attached hydrogen (secondary N) is 8. The molecule has 29 heteroatoms. The van der Waals surface area contributed by atoms with Gasteiger partial charge in [0.2, 0.25) is 0 Å². The van der Waals surface area contributed by atoms with E-state index in [2.05, 4.69) is 137 Å². The van der Waals surface area contributed by atoms with E-state index in [1.165, 1.54) is 105 Å². The number of fused-ring (bicyclic) bond motifs is 4. The molecule has 5 aliphatic rings. The number of carbonyl (C=O) groups is 4. The molecule has 0 spiro atoms. The average Bonchev–Trinajstić information content (AvgIpc) is 1.67. The number of aryl methyl sites for hydroxylation is 1. The summed E-state index contributed by atoms with van der Waals surface area (Å²) in [5.41, 5.74) is 19.5. The fraction of sp³-hybridized carbons (Fsp3) is 0.303. The number of aromatic nitrogens is 13. The molecule has 4 amide bonds. The number of pyridine rings is 5. The Bertz CT molecular complexity index is 6380. The van der Waals surface area contributed by atoms with Gasteiger partial charge in [0.15, 0.2) is 22.8 Å². The zero-order valence-electron chi connectivity index (χ0n) is 71.5. The fourth-order valence-electron chi connectivity index (χ4n) is 17.2. The number of halogens is 2. The van der Waals surface area contributed by atoms with Crippen LogP contribution in [0.4, 0.5) is 25.8 Å². The van der Waals surface area contributed by atoms with Gasteiger partial charge >= 0.3 is 0 Å². The molecule has 5 saturated heterocycles. The number of aromatic amines is 4. The van der Waals surface area contributed by atoms with Crippen LogP contribution in [0, 0.1) is 18.6 Å². The fourth-order valence-corrected chi connectivity index (χ4v) is 17.2. The maximum Gasteiger partial charge on any atom is 0.276 e. The third kappa shape index (κ3) is 22.3. The van der Waals surface area contributed by atoms with Crippen LogP contribution in [-0.2, 0) is 30.9 Å². The Morgan fingerprint density at radius 2 is 0.703 bits per heavy atom. The maximum atomic E-state index is 13.5. The molecular weight excluding hydrogens is 1620 g/mol. The van der Waals surface area contributed by atoms with E-state index in [9.17, 15) is 33.1 Å². The molecule has 20 rings (SSSR count). The standard InChI is InChI=1S/C25H24FN5O2.C25H24FN5O.C25H26N6O.C24H29N5O2/c26-19-2-1-3-20(12-19)28-25(33)24-22-11-17(4-5-23(22)29-30-24)18-10-16(13-27-14-18)15-31-8-6-21(32)7-9-31;26-20-5-4-6-21(13-20)28-25(32)24-22-12-18(7-8-23(22)29-30-24)19-11-17(14-27-15-19)16-31-9-2-1-3-10-31;1-17-5-7-21(15-27-17)28-25(32)24-22-12-19(6-8-23(22)29-30-24)20-11-18(13-26-14-20)16-31-9-3-2-4-10-31;30-24(26-20-6-10-31-11-7-20)23-21-13-18(4-5-22(21)27-28-23)19-12-17(14-25-15-19)16-29-8-2-1-3-9-29/h1-5,10-14,21,32H,6-9,15H2,(H,28,33)(H,29,30);4-8,11-15H,1-3,9-10,16H2,(H,28,32)(H,29,30);5-8,11-15H,2-4,9-10,16H2,1H3,(H,28,32)(H,29,30);4-5,12-15,20H,1-3,6-11,16H2,(H,26,30)(H,27,28). The van der Waals surface area contributed by atoms with Gasteiger partial charge in [0.25, 0.3) is 23.6 Å². The van der Waals surface area contributed by atoms with Crippen LogP contribution in [0.1, 0.15) is 153 Å². The summed E-state index contributed by atoms with van der Waals surface area (Å²) in [6.45, 7) is 15.5. The summed E-state index contributed by atoms with van der Waals surface area (Å²) in [4.78, 5) is 83.1. The smallest absolute Gasteiger partial charge is 0.276 e. The van der Waals surface area contributed by atoms with E-state index >= 15 is 0 Å². The number of H-pyrrole nitrogens is 4. The lowest BCUT2D eigenvalue weighted by Crippen LogP contribution is -2.39. The topological polar surface area (TPSA) is 338 Å². The van der Waals surface area contributed by atoms with Crippen molar-refractivity contribution in [3.05, 3.63) is 276 Å². The van der Waals surface area contributed by atoms with Crippen molar-refractivity contribution in [2.75, 3.05) is 81.5 Å². The lowest BCUT2D eigenvalue weighted by atomic mass is 10.0. The summed E-state index contributed by atoms with van der Waals surface area (Å²) in [5, 5.41) is 52.8. The van der Waals surface area contributed by atoms with Gasteiger partial charge in [-0.1, -0.05) is 55.7 Å². The Labute approximate surface area is 739 Å². The number of amides is 4. The van der Waals surface area contributed by atoms with Crippen molar-refractivity contribution in [2.45, 2.75) is 129 Å². The third-order valence-electron chi connectivity index (χ3n) is 24.0. The second-order valence-electron chi connectivity index (χ2n) is 33.6. The van der Waals surface area contributed by atoms with Gasteiger partial charge in [-0.05, 0) is 276 Å². The predicted molar refractivity (Wildman–Crippen MR) is 492 cm³/mol. The van der Waals surface area contributed by atoms with Crippen LogP contribution in [0.5, 0.6) is 0 Å². The van der Waals surface area contributed by atoms with E-state index in [-0.39, 0.29) is 35.3 Å². The zero-order valence-corrected chi connectivity index (χ0v) is 71.5. The Morgan fingerprint density at radius 3 is 1.04 bits per heavy atom. The Morgan fingerprint density at radius 1 is 0.367 bits per heavy atom. The van der Waals surface area contributed by atoms with Crippen LogP contribution < -0.4 is 21.3 Å². The number of likely N-dealkylation sites (tertiary alicyclic amines) is 4. The summed E-state index contributed by atoms with van der Waals surface area (Å²) in [6, 6.07) is 47.8. The highest BCUT2D eigenvalue weighted by atomic mass is 19.1. The Kier molecular flexibility index (Phi) is 27.9. The van der Waals surface area contributed by atoms with Gasteiger partial charge in [0.1, 0.15) is 11.6 Å². The molecule has 9 aromatic heterocycles. The molecule has 5 fully saturated rings. The van der Waals surface area contributed by atoms with E-state index in [0.29, 0.717) is 52.4 Å². The van der Waals surface area contributed by atoms with Crippen LogP contribution in [-0.4, -0.2) is 192 Å². The first-order chi connectivity index (χ1) is 62.6. The summed E-state index contributed by atoms with van der Waals surface area (Å²) >= 11 is 0. The van der Waals surface area contributed by atoms with Crippen LogP contribution in [0.2, 0.25) is 0 Å². The van der Waals surface area contributed by atoms with E-state index < -0.39 is 23.4 Å². The summed E-state index contributed by atoms with van der Waals surface area (Å²) in [6.07, 6.45) is 31.4. The molecule has 27 nitrogen and oxygen atoms in total. The second-order valence-corrected chi connectivity index (χ2v) is 33.6. The number of ether oxygens (including phenoxy) is 1. The lowest BCUT2D eigenvalue weighted by Gasteiger charge is -2.29. The van der Waals surface area contributed by atoms with Crippen molar-refractivity contribution in [1.29, 1.82) is 0 Å². The molecule has 6 aromatic carbocycles. The van der Waals surface area contributed by atoms with Crippen molar-refractivity contribution in [3.63, 3.8) is 0 Å². The van der Waals surface area contributed by atoms with Gasteiger partial charge in [0.05, 0.1) is 40.1 Å². The second kappa shape index (κ2) is 41.3. The first kappa shape index (κ1) is 86.6. The highest BCUT2D eigenvalue weighted by Gasteiger charge is 2.26. The van der Waals surface area contributed by atoms with Crippen molar-refractivity contribution in [3.8, 4) is 44.5 Å². The van der Waals surface area contributed by atoms with Crippen molar-refractivity contribution in [2.24, 2.45) is 0 Å². The number of anilines is 3. The molecule has 0 bridgehead atoms. The predicted octanol–water partition coefficient (Wildman–Crippen LogP) is 17.1. The van der Waals surface area contributed by atoms with E-state index in [1.54, 1.807) is 30.6 Å². The van der Waals surface area contributed by atoms with Crippen molar-refractivity contribution >= 4 is 84.3 Å². The number of nitrogens with zero attached hydrogens (tertiary/aromatic N) is 13. The lowest BCUT2D eigenvalue weighted by molar-refractivity contribution is 0.0694. The van der Waals surface area contributed by atoms with E-state index in [1.807, 2.05) is 129 Å². The highest BCUT2D eigenvalue weighted by molar-refractivity contribution is 6.14. The quantitative estimate of drug-likeness (QED) is 0.0342. The monoisotopic (exact) mass is 1720 g/mol.